The van der Waals surface area contributed by atoms with Gasteiger partial charge in [-0.05, 0) is 6.92 Å². The maximum absolute atomic E-state index is 4.64. The number of hydrogen-bond acceptors (Lipinski definition) is 4. The van der Waals surface area contributed by atoms with Gasteiger partial charge in [-0.15, -0.1) is 0 Å². The third kappa shape index (κ3) is 2.03. The van der Waals surface area contributed by atoms with Gasteiger partial charge in [0.05, 0.1) is 17.4 Å². The topological polar surface area (TPSA) is 45.5 Å². The van der Waals surface area contributed by atoms with E-state index in [1.54, 1.807) is 6.20 Å². The Morgan fingerprint density at radius 3 is 3.00 bits per heavy atom. The van der Waals surface area contributed by atoms with Gasteiger partial charge in [0.2, 0.25) is 0 Å². The Bertz CT molecular complexity index is 513. The van der Waals surface area contributed by atoms with Crippen LogP contribution < -0.4 is 5.32 Å². The molecule has 0 bridgehead atoms. The lowest BCUT2D eigenvalue weighted by Gasteiger charge is -2.26. The number of nitrogens with one attached hydrogen (secondary N) is 1. The normalized spacial score (nSPS) is 17.7. The summed E-state index contributed by atoms with van der Waals surface area (Å²) in [6.07, 6.45) is 5.67. The van der Waals surface area contributed by atoms with Gasteiger partial charge >= 0.3 is 0 Å². The van der Waals surface area contributed by atoms with Crippen LogP contribution in [-0.2, 0) is 6.54 Å². The second-order valence-corrected chi connectivity index (χ2v) is 4.46. The number of rotatable bonds is 2. The first-order valence-electron chi connectivity index (χ1n) is 6.05. The second-order valence-electron chi connectivity index (χ2n) is 4.46. The molecule has 0 aliphatic carbocycles. The minimum absolute atomic E-state index is 0.921. The third-order valence-electron chi connectivity index (χ3n) is 3.28. The molecular weight excluding hydrogens is 214 g/mol. The van der Waals surface area contributed by atoms with Crippen LogP contribution in [0.15, 0.2) is 18.6 Å². The van der Waals surface area contributed by atoms with E-state index in [1.165, 1.54) is 0 Å². The Hall–Kier alpha value is -1.46. The van der Waals surface area contributed by atoms with E-state index in [2.05, 4.69) is 24.6 Å². The highest BCUT2D eigenvalue weighted by molar-refractivity contribution is 5.51. The number of fused-ring (bicyclic) bond motifs is 1. The first kappa shape index (κ1) is 10.7. The van der Waals surface area contributed by atoms with Crippen LogP contribution in [0, 0.1) is 6.92 Å². The molecule has 5 heteroatoms. The Balaban J connectivity index is 1.89. The predicted octanol–water partition coefficient (Wildman–Crippen LogP) is 0.443. The molecule has 1 saturated heterocycles. The molecule has 0 atom stereocenters. The molecule has 90 valence electrons. The van der Waals surface area contributed by atoms with Crippen molar-refractivity contribution in [2.45, 2.75) is 13.5 Å². The van der Waals surface area contributed by atoms with Gasteiger partial charge in [-0.2, -0.15) is 0 Å². The maximum atomic E-state index is 4.64. The van der Waals surface area contributed by atoms with E-state index in [4.69, 9.17) is 0 Å². The van der Waals surface area contributed by atoms with Gasteiger partial charge in [-0.3, -0.25) is 9.88 Å². The van der Waals surface area contributed by atoms with Gasteiger partial charge in [-0.1, -0.05) is 0 Å². The van der Waals surface area contributed by atoms with Crippen LogP contribution >= 0.6 is 0 Å². The largest absolute Gasteiger partial charge is 0.314 e. The number of aromatic nitrogens is 3. The summed E-state index contributed by atoms with van der Waals surface area (Å²) in [5.41, 5.74) is 2.26. The van der Waals surface area contributed by atoms with Crippen molar-refractivity contribution < 1.29 is 0 Å². The molecule has 0 spiro atoms. The zero-order valence-corrected chi connectivity index (χ0v) is 10.1. The molecule has 0 amide bonds. The van der Waals surface area contributed by atoms with E-state index in [0.717, 1.165) is 49.8 Å². The first-order valence-corrected chi connectivity index (χ1v) is 6.05. The van der Waals surface area contributed by atoms with Crippen LogP contribution in [-0.4, -0.2) is 45.4 Å². The van der Waals surface area contributed by atoms with E-state index in [9.17, 15) is 0 Å². The zero-order chi connectivity index (χ0) is 11.7. The van der Waals surface area contributed by atoms with Crippen LogP contribution in [0.2, 0.25) is 0 Å². The average molecular weight is 231 g/mol. The van der Waals surface area contributed by atoms with Crippen molar-refractivity contribution in [3.05, 3.63) is 30.1 Å². The fourth-order valence-corrected chi connectivity index (χ4v) is 2.36. The molecule has 3 rings (SSSR count). The van der Waals surface area contributed by atoms with Gasteiger partial charge in [-0.25, -0.2) is 4.98 Å². The number of piperazine rings is 1. The van der Waals surface area contributed by atoms with Crippen molar-refractivity contribution in [3.63, 3.8) is 0 Å². The lowest BCUT2D eigenvalue weighted by Crippen LogP contribution is -2.42. The van der Waals surface area contributed by atoms with Crippen molar-refractivity contribution in [2.75, 3.05) is 26.2 Å². The standard InChI is InChI=1S/C12H17N5/c1-10-15-11(9-16-5-2-13-3-6-16)12-8-14-4-7-17(10)12/h4,7-8,13H,2-3,5-6,9H2,1H3. The molecule has 1 fully saturated rings. The lowest BCUT2D eigenvalue weighted by molar-refractivity contribution is 0.232. The number of nitrogens with zero attached hydrogens (tertiary/aromatic N) is 4. The van der Waals surface area contributed by atoms with Crippen molar-refractivity contribution >= 4 is 5.52 Å². The molecule has 2 aromatic heterocycles. The lowest BCUT2D eigenvalue weighted by atomic mass is 10.3. The zero-order valence-electron chi connectivity index (χ0n) is 10.1. The first-order chi connectivity index (χ1) is 8.34. The fourth-order valence-electron chi connectivity index (χ4n) is 2.36. The molecule has 1 aliphatic rings. The van der Waals surface area contributed by atoms with Crippen molar-refractivity contribution in [2.24, 2.45) is 0 Å². The minimum atomic E-state index is 0.921. The second kappa shape index (κ2) is 4.43. The highest BCUT2D eigenvalue weighted by Gasteiger charge is 2.14. The maximum Gasteiger partial charge on any atom is 0.110 e. The Morgan fingerprint density at radius 1 is 1.35 bits per heavy atom. The number of imidazole rings is 1. The van der Waals surface area contributed by atoms with Crippen molar-refractivity contribution in [3.8, 4) is 0 Å². The summed E-state index contributed by atoms with van der Waals surface area (Å²) in [6.45, 7) is 7.29. The van der Waals surface area contributed by atoms with Gasteiger partial charge in [0.1, 0.15) is 5.82 Å². The molecule has 0 aromatic carbocycles. The quantitative estimate of drug-likeness (QED) is 0.815. The molecule has 2 aromatic rings. The van der Waals surface area contributed by atoms with Gasteiger partial charge in [0, 0.05) is 45.1 Å². The predicted molar refractivity (Wildman–Crippen MR) is 65.9 cm³/mol. The molecule has 0 radical (unpaired) electrons. The van der Waals surface area contributed by atoms with E-state index in [0.29, 0.717) is 0 Å². The SMILES string of the molecule is Cc1nc(CN2CCNCC2)c2cnccn12. The monoisotopic (exact) mass is 231 g/mol. The fraction of sp³-hybridized carbons (Fsp3) is 0.500. The summed E-state index contributed by atoms with van der Waals surface area (Å²) >= 11 is 0. The van der Waals surface area contributed by atoms with Crippen LogP contribution in [0.4, 0.5) is 0 Å². The highest BCUT2D eigenvalue weighted by atomic mass is 15.2. The molecule has 17 heavy (non-hydrogen) atoms. The summed E-state index contributed by atoms with van der Waals surface area (Å²) in [6, 6.07) is 0. The number of hydrogen-bond donors (Lipinski definition) is 1. The summed E-state index contributed by atoms with van der Waals surface area (Å²) < 4.78 is 2.10. The third-order valence-corrected chi connectivity index (χ3v) is 3.28. The Labute approximate surface area is 100 Å². The summed E-state index contributed by atoms with van der Waals surface area (Å²) in [7, 11) is 0. The molecule has 0 unspecified atom stereocenters. The van der Waals surface area contributed by atoms with Crippen molar-refractivity contribution in [1.29, 1.82) is 0 Å². The van der Waals surface area contributed by atoms with Crippen LogP contribution in [0.1, 0.15) is 11.5 Å². The van der Waals surface area contributed by atoms with E-state index >= 15 is 0 Å². The Kier molecular flexibility index (Phi) is 2.78. The molecule has 1 N–H and O–H groups in total. The molecule has 3 heterocycles. The van der Waals surface area contributed by atoms with Gasteiger partial charge in [0.15, 0.2) is 0 Å². The summed E-state index contributed by atoms with van der Waals surface area (Å²) in [5, 5.41) is 3.36. The van der Waals surface area contributed by atoms with E-state index in [-0.39, 0.29) is 0 Å². The van der Waals surface area contributed by atoms with Crippen LogP contribution in [0.3, 0.4) is 0 Å². The van der Waals surface area contributed by atoms with Gasteiger partial charge < -0.3 is 9.72 Å². The average Bonchev–Trinajstić information content (AvgIpc) is 2.69. The Morgan fingerprint density at radius 2 is 2.18 bits per heavy atom. The van der Waals surface area contributed by atoms with E-state index in [1.807, 2.05) is 19.3 Å². The smallest absolute Gasteiger partial charge is 0.110 e. The van der Waals surface area contributed by atoms with Crippen LogP contribution in [0.25, 0.3) is 5.52 Å². The van der Waals surface area contributed by atoms with Crippen LogP contribution in [0.5, 0.6) is 0 Å². The highest BCUT2D eigenvalue weighted by Crippen LogP contribution is 2.13. The molecule has 0 saturated carbocycles. The van der Waals surface area contributed by atoms with E-state index < -0.39 is 0 Å². The minimum Gasteiger partial charge on any atom is -0.314 e. The summed E-state index contributed by atoms with van der Waals surface area (Å²) in [4.78, 5) is 11.3. The van der Waals surface area contributed by atoms with Gasteiger partial charge in [0.25, 0.3) is 0 Å². The molecule has 1 aliphatic heterocycles. The summed E-state index contributed by atoms with van der Waals surface area (Å²) in [5.74, 6) is 1.03. The molecular formula is C12H17N5. The number of aryl methyl sites for hydroxylation is 1. The molecule has 5 nitrogen and oxygen atoms in total. The van der Waals surface area contributed by atoms with Crippen molar-refractivity contribution in [1.82, 2.24) is 24.6 Å².